The van der Waals surface area contributed by atoms with Crippen molar-refractivity contribution >= 4 is 10.0 Å². The van der Waals surface area contributed by atoms with Crippen LogP contribution in [0.4, 0.5) is 0 Å². The molecule has 1 fully saturated rings. The van der Waals surface area contributed by atoms with Crippen molar-refractivity contribution < 1.29 is 17.9 Å². The average molecular weight is 342 g/mol. The van der Waals surface area contributed by atoms with Crippen molar-refractivity contribution in [3.63, 3.8) is 0 Å². The van der Waals surface area contributed by atoms with Gasteiger partial charge in [0.1, 0.15) is 0 Å². The highest BCUT2D eigenvalue weighted by atomic mass is 32.2. The lowest BCUT2D eigenvalue weighted by atomic mass is 10.0. The fraction of sp³-hybridized carbons (Fsp3) is 0.625. The monoisotopic (exact) mass is 342 g/mol. The second-order valence-electron chi connectivity index (χ2n) is 5.63. The molecule has 1 atom stereocenters. The van der Waals surface area contributed by atoms with E-state index in [4.69, 9.17) is 9.47 Å². The van der Waals surface area contributed by atoms with E-state index in [1.54, 1.807) is 21.1 Å². The summed E-state index contributed by atoms with van der Waals surface area (Å²) < 4.78 is 37.0. The Balaban J connectivity index is 2.25. The smallest absolute Gasteiger partial charge is 0.211 e. The summed E-state index contributed by atoms with van der Waals surface area (Å²) in [6.45, 7) is 3.97. The second kappa shape index (κ2) is 7.99. The number of benzene rings is 1. The Morgan fingerprint density at radius 2 is 1.83 bits per heavy atom. The first-order valence-electron chi connectivity index (χ1n) is 7.94. The molecular formula is C16H26N2O4S. The van der Waals surface area contributed by atoms with Crippen LogP contribution < -0.4 is 14.2 Å². The van der Waals surface area contributed by atoms with E-state index in [0.29, 0.717) is 18.0 Å². The number of hydrogen-bond donors (Lipinski definition) is 1. The van der Waals surface area contributed by atoms with Crippen LogP contribution in [0, 0.1) is 0 Å². The molecule has 0 aromatic heterocycles. The number of methoxy groups -OCH3 is 2. The zero-order valence-electron chi connectivity index (χ0n) is 14.0. The third kappa shape index (κ3) is 4.59. The van der Waals surface area contributed by atoms with Crippen LogP contribution in [0.15, 0.2) is 18.2 Å². The first-order valence-corrected chi connectivity index (χ1v) is 9.59. The van der Waals surface area contributed by atoms with Gasteiger partial charge in [-0.3, -0.25) is 4.90 Å². The molecule has 1 aliphatic heterocycles. The van der Waals surface area contributed by atoms with Crippen LogP contribution in [-0.4, -0.2) is 52.9 Å². The molecule has 1 N–H and O–H groups in total. The van der Waals surface area contributed by atoms with Crippen LogP contribution in [0.5, 0.6) is 11.5 Å². The molecule has 130 valence electrons. The first kappa shape index (κ1) is 18.0. The molecule has 1 heterocycles. The van der Waals surface area contributed by atoms with Gasteiger partial charge in [-0.2, -0.15) is 0 Å². The predicted molar refractivity (Wildman–Crippen MR) is 90.6 cm³/mol. The summed E-state index contributed by atoms with van der Waals surface area (Å²) in [4.78, 5) is 2.32. The van der Waals surface area contributed by atoms with E-state index in [9.17, 15) is 8.42 Å². The normalized spacial score (nSPS) is 17.2. The number of rotatable bonds is 8. The predicted octanol–water partition coefficient (Wildman–Crippen LogP) is 1.78. The summed E-state index contributed by atoms with van der Waals surface area (Å²) in [5.41, 5.74) is 1.03. The average Bonchev–Trinajstić information content (AvgIpc) is 3.09. The fourth-order valence-corrected chi connectivity index (χ4v) is 3.50. The zero-order valence-corrected chi connectivity index (χ0v) is 14.9. The maximum Gasteiger partial charge on any atom is 0.211 e. The minimum absolute atomic E-state index is 0.00127. The highest BCUT2D eigenvalue weighted by Gasteiger charge is 2.25. The Bertz CT molecular complexity index is 613. The molecule has 0 amide bonds. The Labute approximate surface area is 138 Å². The molecular weight excluding hydrogens is 316 g/mol. The van der Waals surface area contributed by atoms with Crippen molar-refractivity contribution in [3.05, 3.63) is 23.8 Å². The SMILES string of the molecule is CCS(=O)(=O)NCC(c1ccc(OC)c(OC)c1)N1CCCC1. The largest absolute Gasteiger partial charge is 0.493 e. The van der Waals surface area contributed by atoms with E-state index in [2.05, 4.69) is 9.62 Å². The van der Waals surface area contributed by atoms with Gasteiger partial charge in [-0.15, -0.1) is 0 Å². The molecule has 0 saturated carbocycles. The van der Waals surface area contributed by atoms with Gasteiger partial charge in [-0.05, 0) is 50.6 Å². The molecule has 0 spiro atoms. The van der Waals surface area contributed by atoms with Crippen molar-refractivity contribution in [2.45, 2.75) is 25.8 Å². The van der Waals surface area contributed by atoms with Crippen molar-refractivity contribution in [2.24, 2.45) is 0 Å². The van der Waals surface area contributed by atoms with Gasteiger partial charge in [-0.25, -0.2) is 13.1 Å². The summed E-state index contributed by atoms with van der Waals surface area (Å²) in [6, 6.07) is 5.77. The van der Waals surface area contributed by atoms with Crippen molar-refractivity contribution in [2.75, 3.05) is 39.6 Å². The van der Waals surface area contributed by atoms with Crippen LogP contribution in [0.25, 0.3) is 0 Å². The van der Waals surface area contributed by atoms with Crippen LogP contribution in [0.3, 0.4) is 0 Å². The Morgan fingerprint density at radius 1 is 1.17 bits per heavy atom. The van der Waals surface area contributed by atoms with Crippen LogP contribution >= 0.6 is 0 Å². The van der Waals surface area contributed by atoms with E-state index >= 15 is 0 Å². The minimum atomic E-state index is -3.21. The van der Waals surface area contributed by atoms with Crippen LogP contribution in [0.1, 0.15) is 31.4 Å². The minimum Gasteiger partial charge on any atom is -0.493 e. The van der Waals surface area contributed by atoms with Gasteiger partial charge >= 0.3 is 0 Å². The number of nitrogens with zero attached hydrogens (tertiary/aromatic N) is 1. The van der Waals surface area contributed by atoms with E-state index in [-0.39, 0.29) is 11.8 Å². The fourth-order valence-electron chi connectivity index (χ4n) is 2.88. The van der Waals surface area contributed by atoms with E-state index in [1.165, 1.54) is 0 Å². The topological polar surface area (TPSA) is 67.9 Å². The number of sulfonamides is 1. The molecule has 0 radical (unpaired) electrons. The summed E-state index contributed by atoms with van der Waals surface area (Å²) in [6.07, 6.45) is 2.29. The number of ether oxygens (including phenoxy) is 2. The molecule has 2 rings (SSSR count). The van der Waals surface area contributed by atoms with E-state index in [0.717, 1.165) is 31.5 Å². The van der Waals surface area contributed by atoms with Crippen LogP contribution in [0.2, 0.25) is 0 Å². The third-order valence-corrected chi connectivity index (χ3v) is 5.62. The third-order valence-electron chi connectivity index (χ3n) is 4.25. The Morgan fingerprint density at radius 3 is 2.39 bits per heavy atom. The molecule has 1 aliphatic rings. The Kier molecular flexibility index (Phi) is 6.26. The molecule has 1 aromatic rings. The molecule has 23 heavy (non-hydrogen) atoms. The van der Waals surface area contributed by atoms with E-state index < -0.39 is 10.0 Å². The van der Waals surface area contributed by atoms with Gasteiger partial charge in [0.15, 0.2) is 11.5 Å². The summed E-state index contributed by atoms with van der Waals surface area (Å²) >= 11 is 0. The zero-order chi connectivity index (χ0) is 16.9. The van der Waals surface area contributed by atoms with Gasteiger partial charge < -0.3 is 9.47 Å². The maximum atomic E-state index is 11.8. The van der Waals surface area contributed by atoms with Crippen molar-refractivity contribution in [3.8, 4) is 11.5 Å². The van der Waals surface area contributed by atoms with Gasteiger partial charge in [0.25, 0.3) is 0 Å². The lowest BCUT2D eigenvalue weighted by Gasteiger charge is -2.28. The summed E-state index contributed by atoms with van der Waals surface area (Å²) in [5.74, 6) is 1.42. The van der Waals surface area contributed by atoms with Crippen molar-refractivity contribution in [1.29, 1.82) is 0 Å². The maximum absolute atomic E-state index is 11.8. The van der Waals surface area contributed by atoms with Crippen molar-refractivity contribution in [1.82, 2.24) is 9.62 Å². The molecule has 0 bridgehead atoms. The summed E-state index contributed by atoms with van der Waals surface area (Å²) in [5, 5.41) is 0. The number of nitrogens with one attached hydrogen (secondary N) is 1. The number of hydrogen-bond acceptors (Lipinski definition) is 5. The van der Waals surface area contributed by atoms with Crippen LogP contribution in [-0.2, 0) is 10.0 Å². The molecule has 0 aliphatic carbocycles. The first-order chi connectivity index (χ1) is 11.0. The molecule has 7 heteroatoms. The lowest BCUT2D eigenvalue weighted by Crippen LogP contribution is -2.37. The molecule has 1 unspecified atom stereocenters. The quantitative estimate of drug-likeness (QED) is 0.780. The lowest BCUT2D eigenvalue weighted by molar-refractivity contribution is 0.245. The molecule has 6 nitrogen and oxygen atoms in total. The highest BCUT2D eigenvalue weighted by Crippen LogP contribution is 2.33. The molecule has 1 saturated heterocycles. The van der Waals surface area contributed by atoms with Gasteiger partial charge in [0.2, 0.25) is 10.0 Å². The molecule has 1 aromatic carbocycles. The second-order valence-corrected chi connectivity index (χ2v) is 7.72. The van der Waals surface area contributed by atoms with Gasteiger partial charge in [0, 0.05) is 12.6 Å². The van der Waals surface area contributed by atoms with Gasteiger partial charge in [0.05, 0.1) is 20.0 Å². The van der Waals surface area contributed by atoms with Gasteiger partial charge in [-0.1, -0.05) is 6.07 Å². The number of likely N-dealkylation sites (tertiary alicyclic amines) is 1. The van der Waals surface area contributed by atoms with E-state index in [1.807, 2.05) is 18.2 Å². The standard InChI is InChI=1S/C16H26N2O4S/c1-4-23(19,20)17-12-14(18-9-5-6-10-18)13-7-8-15(21-2)16(11-13)22-3/h7-8,11,14,17H,4-6,9-10,12H2,1-3H3. The Hall–Kier alpha value is -1.31. The summed E-state index contributed by atoms with van der Waals surface area (Å²) in [7, 11) is -0.00773. The highest BCUT2D eigenvalue weighted by molar-refractivity contribution is 7.89.